The van der Waals surface area contributed by atoms with Gasteiger partial charge in [-0.25, -0.2) is 4.79 Å². The van der Waals surface area contributed by atoms with Crippen molar-refractivity contribution in [2.75, 3.05) is 7.11 Å². The fourth-order valence-corrected chi connectivity index (χ4v) is 2.54. The number of nitrogens with zero attached hydrogens (tertiary/aromatic N) is 2. The van der Waals surface area contributed by atoms with Gasteiger partial charge in [0.1, 0.15) is 5.75 Å². The second-order valence-corrected chi connectivity index (χ2v) is 5.82. The van der Waals surface area contributed by atoms with Crippen LogP contribution in [-0.4, -0.2) is 19.0 Å². The Morgan fingerprint density at radius 3 is 2.48 bits per heavy atom. The maximum absolute atomic E-state index is 13.3. The Morgan fingerprint density at radius 2 is 1.90 bits per heavy atom. The van der Waals surface area contributed by atoms with E-state index in [1.54, 1.807) is 12.1 Å². The van der Waals surface area contributed by atoms with Gasteiger partial charge in [-0.05, 0) is 42.0 Å². The van der Waals surface area contributed by atoms with E-state index >= 15 is 0 Å². The van der Waals surface area contributed by atoms with Gasteiger partial charge in [-0.3, -0.25) is 0 Å². The minimum atomic E-state index is -4.71. The number of urea groups is 1. The lowest BCUT2D eigenvalue weighted by molar-refractivity contribution is -0.138. The topological polar surface area (TPSA) is 110 Å². The number of amidine groups is 1. The molecule has 0 unspecified atom stereocenters. The highest BCUT2D eigenvalue weighted by molar-refractivity contribution is 6.13. The number of amides is 2. The zero-order valence-corrected chi connectivity index (χ0v) is 14.9. The summed E-state index contributed by atoms with van der Waals surface area (Å²) in [5.74, 6) is -0.277. The normalized spacial score (nSPS) is 14.9. The molecule has 0 aliphatic carbocycles. The summed E-state index contributed by atoms with van der Waals surface area (Å²) in [7, 11) is 1.33. The molecule has 0 spiro atoms. The highest BCUT2D eigenvalue weighted by Gasteiger charge is 2.35. The second kappa shape index (κ2) is 7.55. The molecule has 0 radical (unpaired) electrons. The van der Waals surface area contributed by atoms with Crippen LogP contribution in [0.2, 0.25) is 0 Å². The monoisotopic (exact) mass is 402 g/mol. The van der Waals surface area contributed by atoms with Gasteiger partial charge >= 0.3 is 12.2 Å². The first kappa shape index (κ1) is 19.8. The predicted molar refractivity (Wildman–Crippen MR) is 97.4 cm³/mol. The third kappa shape index (κ3) is 4.30. The Balaban J connectivity index is 1.95. The molecule has 0 saturated carbocycles. The van der Waals surface area contributed by atoms with Gasteiger partial charge < -0.3 is 20.5 Å². The highest BCUT2D eigenvalue weighted by atomic mass is 19.4. The number of aliphatic imine (C=N–C) groups is 1. The summed E-state index contributed by atoms with van der Waals surface area (Å²) in [5, 5.41) is 11.3. The van der Waals surface area contributed by atoms with Gasteiger partial charge in [0.2, 0.25) is 0 Å². The minimum Gasteiger partial charge on any atom is -0.493 e. The van der Waals surface area contributed by atoms with Gasteiger partial charge in [-0.1, -0.05) is 6.07 Å². The van der Waals surface area contributed by atoms with E-state index in [0.29, 0.717) is 11.6 Å². The fourth-order valence-electron chi connectivity index (χ4n) is 2.54. The number of rotatable bonds is 4. The molecule has 0 fully saturated rings. The van der Waals surface area contributed by atoms with Crippen molar-refractivity contribution in [2.24, 2.45) is 10.7 Å². The first-order valence-electron chi connectivity index (χ1n) is 8.05. The average Bonchev–Trinajstić information content (AvgIpc) is 2.99. The molecule has 29 heavy (non-hydrogen) atoms. The Hall–Kier alpha value is -4.00. The maximum Gasteiger partial charge on any atom is 0.420 e. The van der Waals surface area contributed by atoms with Crippen molar-refractivity contribution in [3.05, 3.63) is 58.8 Å². The number of alkyl halides is 3. The number of ether oxygens (including phenoxy) is 2. The van der Waals surface area contributed by atoms with Crippen molar-refractivity contribution >= 4 is 17.9 Å². The minimum absolute atomic E-state index is 0.0155. The number of hydrogen-bond donors (Lipinski definition) is 2. The number of carbonyl (C=O) groups is 1. The molecule has 1 aliphatic heterocycles. The Labute approximate surface area is 162 Å². The van der Waals surface area contributed by atoms with E-state index in [1.807, 2.05) is 0 Å². The number of methoxy groups -OCH3 is 1. The van der Waals surface area contributed by atoms with Crippen molar-refractivity contribution in [3.8, 4) is 23.3 Å². The van der Waals surface area contributed by atoms with Crippen LogP contribution < -0.4 is 20.5 Å². The molecule has 7 nitrogen and oxygen atoms in total. The number of carbonyl (C=O) groups excluding carboxylic acids is 1. The number of nitrogens with one attached hydrogen (secondary N) is 1. The third-order valence-corrected chi connectivity index (χ3v) is 3.87. The zero-order chi connectivity index (χ0) is 21.2. The number of hydrogen-bond acceptors (Lipinski definition) is 5. The van der Waals surface area contributed by atoms with Crippen LogP contribution in [-0.2, 0) is 6.18 Å². The van der Waals surface area contributed by atoms with Crippen molar-refractivity contribution in [3.63, 3.8) is 0 Å². The van der Waals surface area contributed by atoms with Gasteiger partial charge in [-0.2, -0.15) is 23.4 Å². The molecule has 2 aromatic rings. The first-order chi connectivity index (χ1) is 13.7. The summed E-state index contributed by atoms with van der Waals surface area (Å²) in [6, 6.07) is 8.53. The molecule has 0 saturated heterocycles. The number of halogens is 3. The van der Waals surface area contributed by atoms with E-state index in [0.717, 1.165) is 6.07 Å². The van der Waals surface area contributed by atoms with E-state index in [4.69, 9.17) is 20.5 Å². The molecule has 1 heterocycles. The Kier molecular flexibility index (Phi) is 5.14. The summed E-state index contributed by atoms with van der Waals surface area (Å²) >= 11 is 0. The predicted octanol–water partition coefficient (Wildman–Crippen LogP) is 3.80. The van der Waals surface area contributed by atoms with Crippen LogP contribution in [0.15, 0.2) is 47.1 Å². The number of nitrogens with two attached hydrogens (primary N) is 1. The van der Waals surface area contributed by atoms with Crippen molar-refractivity contribution in [1.82, 2.24) is 5.32 Å². The summed E-state index contributed by atoms with van der Waals surface area (Å²) in [6.45, 7) is 0. The molecule has 0 aromatic heterocycles. The molecule has 2 aromatic carbocycles. The van der Waals surface area contributed by atoms with Crippen molar-refractivity contribution in [2.45, 2.75) is 6.18 Å². The van der Waals surface area contributed by atoms with E-state index in [2.05, 4.69) is 10.3 Å². The zero-order valence-electron chi connectivity index (χ0n) is 14.9. The van der Waals surface area contributed by atoms with Crippen LogP contribution >= 0.6 is 0 Å². The summed E-state index contributed by atoms with van der Waals surface area (Å²) in [4.78, 5) is 14.7. The third-order valence-electron chi connectivity index (χ3n) is 3.87. The van der Waals surface area contributed by atoms with E-state index in [1.165, 1.54) is 31.4 Å². The van der Waals surface area contributed by atoms with E-state index in [9.17, 15) is 18.0 Å². The van der Waals surface area contributed by atoms with Gasteiger partial charge in [-0.15, -0.1) is 0 Å². The standard InChI is InChI=1S/C19H13F3N4O3/c1-28-16-8-10(7-13-17(24)26-18(27)25-13)2-5-15(16)29-14-4-3-11(9-23)6-12(14)19(20,21)22/h2-8H,1H3,(H3,24,25,26,27)/b13-7-. The van der Waals surface area contributed by atoms with Gasteiger partial charge in [0, 0.05) is 0 Å². The molecule has 1 aliphatic rings. The molecule has 2 amide bonds. The Bertz CT molecular complexity index is 1090. The summed E-state index contributed by atoms with van der Waals surface area (Å²) < 4.78 is 50.6. The van der Waals surface area contributed by atoms with E-state index < -0.39 is 23.5 Å². The molecule has 10 heteroatoms. The van der Waals surface area contributed by atoms with Gasteiger partial charge in [0.25, 0.3) is 0 Å². The second-order valence-electron chi connectivity index (χ2n) is 5.82. The quantitative estimate of drug-likeness (QED) is 0.808. The van der Waals surface area contributed by atoms with Crippen LogP contribution in [0.4, 0.5) is 18.0 Å². The maximum atomic E-state index is 13.3. The molecular formula is C19H13F3N4O3. The average molecular weight is 402 g/mol. The van der Waals surface area contributed by atoms with E-state index in [-0.39, 0.29) is 28.6 Å². The Morgan fingerprint density at radius 1 is 1.17 bits per heavy atom. The van der Waals surface area contributed by atoms with Crippen LogP contribution in [0.25, 0.3) is 6.08 Å². The fraction of sp³-hybridized carbons (Fsp3) is 0.105. The number of benzene rings is 2. The molecule has 0 atom stereocenters. The summed E-state index contributed by atoms with van der Waals surface area (Å²) in [6.07, 6.45) is -3.18. The van der Waals surface area contributed by atoms with Crippen molar-refractivity contribution < 1.29 is 27.4 Å². The van der Waals surface area contributed by atoms with Crippen LogP contribution in [0.5, 0.6) is 17.2 Å². The number of nitriles is 1. The van der Waals surface area contributed by atoms with Gasteiger partial charge in [0.05, 0.1) is 30.0 Å². The lowest BCUT2D eigenvalue weighted by Gasteiger charge is -2.16. The smallest absolute Gasteiger partial charge is 0.420 e. The van der Waals surface area contributed by atoms with Crippen LogP contribution in [0.3, 0.4) is 0 Å². The summed E-state index contributed by atoms with van der Waals surface area (Å²) in [5.41, 5.74) is 5.22. The molecular weight excluding hydrogens is 389 g/mol. The molecule has 0 bridgehead atoms. The van der Waals surface area contributed by atoms with Gasteiger partial charge in [0.15, 0.2) is 17.3 Å². The SMILES string of the molecule is COc1cc(/C=C2\NC(=O)N=C2N)ccc1Oc1ccc(C#N)cc1C(F)(F)F. The van der Waals surface area contributed by atoms with Crippen LogP contribution in [0, 0.1) is 11.3 Å². The molecule has 3 rings (SSSR count). The van der Waals surface area contributed by atoms with Crippen molar-refractivity contribution in [1.29, 1.82) is 5.26 Å². The van der Waals surface area contributed by atoms with Crippen LogP contribution in [0.1, 0.15) is 16.7 Å². The largest absolute Gasteiger partial charge is 0.493 e. The molecule has 3 N–H and O–H groups in total. The first-order valence-corrected chi connectivity index (χ1v) is 8.05. The lowest BCUT2D eigenvalue weighted by atomic mass is 10.1. The molecule has 148 valence electrons. The highest BCUT2D eigenvalue weighted by Crippen LogP contribution is 2.41. The lowest BCUT2D eigenvalue weighted by Crippen LogP contribution is -2.19.